The van der Waals surface area contributed by atoms with Gasteiger partial charge in [-0.25, -0.2) is 4.98 Å². The van der Waals surface area contributed by atoms with E-state index < -0.39 is 0 Å². The maximum atomic E-state index is 12.2. The smallest absolute Gasteiger partial charge is 0.240 e. The normalized spacial score (nSPS) is 16.3. The molecule has 0 aliphatic carbocycles. The summed E-state index contributed by atoms with van der Waals surface area (Å²) in [6.45, 7) is 4.19. The van der Waals surface area contributed by atoms with E-state index in [-0.39, 0.29) is 5.91 Å². The van der Waals surface area contributed by atoms with Crippen LogP contribution >= 0.6 is 34.5 Å². The average molecular weight is 385 g/mol. The second kappa shape index (κ2) is 7.80. The fourth-order valence-electron chi connectivity index (χ4n) is 2.52. The molecular weight excluding hydrogens is 367 g/mol. The zero-order chi connectivity index (χ0) is 17.1. The van der Waals surface area contributed by atoms with Gasteiger partial charge in [0.05, 0.1) is 17.3 Å². The first-order chi connectivity index (χ1) is 11.5. The molecule has 1 aliphatic heterocycles. The molecule has 1 amide bonds. The van der Waals surface area contributed by atoms with Crippen molar-refractivity contribution in [3.63, 3.8) is 0 Å². The van der Waals surface area contributed by atoms with Crippen LogP contribution in [0.25, 0.3) is 11.3 Å². The predicted octanol–water partition coefficient (Wildman–Crippen LogP) is 3.30. The van der Waals surface area contributed by atoms with Crippen LogP contribution in [-0.2, 0) is 4.79 Å². The molecule has 3 rings (SSSR count). The number of hydrogen-bond acceptors (Lipinski definition) is 5. The average Bonchev–Trinajstić information content (AvgIpc) is 2.97. The van der Waals surface area contributed by atoms with Crippen LogP contribution in [0.1, 0.15) is 0 Å². The van der Waals surface area contributed by atoms with Gasteiger partial charge in [-0.2, -0.15) is 0 Å². The molecule has 24 heavy (non-hydrogen) atoms. The summed E-state index contributed by atoms with van der Waals surface area (Å²) < 4.78 is 0. The topological polar surface area (TPSA) is 48.5 Å². The summed E-state index contributed by atoms with van der Waals surface area (Å²) in [7, 11) is 2.09. The van der Waals surface area contributed by atoms with Gasteiger partial charge >= 0.3 is 0 Å². The van der Waals surface area contributed by atoms with Gasteiger partial charge in [0.2, 0.25) is 5.91 Å². The van der Waals surface area contributed by atoms with Gasteiger partial charge in [0.1, 0.15) is 0 Å². The number of carbonyl (C=O) groups is 1. The number of thiazole rings is 1. The molecule has 0 saturated carbocycles. The van der Waals surface area contributed by atoms with Gasteiger partial charge in [0.25, 0.3) is 0 Å². The van der Waals surface area contributed by atoms with Crippen molar-refractivity contribution in [3.05, 3.63) is 33.6 Å². The Hall–Kier alpha value is -1.18. The van der Waals surface area contributed by atoms with Crippen LogP contribution in [-0.4, -0.2) is 60.5 Å². The highest BCUT2D eigenvalue weighted by atomic mass is 35.5. The standard InChI is InChI=1S/C16H18Cl2N4OS/c1-21-4-6-22(7-5-21)9-15(23)20-16-19-14(10-24-16)12-3-2-11(17)8-13(12)18/h2-3,8,10H,4-7,9H2,1H3,(H,19,20,23). The van der Waals surface area contributed by atoms with E-state index in [4.69, 9.17) is 23.2 Å². The van der Waals surface area contributed by atoms with Crippen LogP contribution in [0.2, 0.25) is 10.0 Å². The summed E-state index contributed by atoms with van der Waals surface area (Å²) >= 11 is 13.5. The molecule has 0 atom stereocenters. The summed E-state index contributed by atoms with van der Waals surface area (Å²) in [5.41, 5.74) is 1.54. The van der Waals surface area contributed by atoms with Gasteiger partial charge in [-0.3, -0.25) is 9.69 Å². The second-order valence-electron chi connectivity index (χ2n) is 5.79. The van der Waals surface area contributed by atoms with E-state index in [1.165, 1.54) is 11.3 Å². The minimum atomic E-state index is -0.0392. The zero-order valence-electron chi connectivity index (χ0n) is 13.3. The summed E-state index contributed by atoms with van der Waals surface area (Å²) in [6.07, 6.45) is 0. The Bertz CT molecular complexity index is 729. The van der Waals surface area contributed by atoms with Crippen LogP contribution in [0.15, 0.2) is 23.6 Å². The molecule has 1 saturated heterocycles. The molecule has 2 aromatic rings. The second-order valence-corrected chi connectivity index (χ2v) is 7.49. The number of halogens is 2. The van der Waals surface area contributed by atoms with Crippen molar-refractivity contribution in [1.29, 1.82) is 0 Å². The highest BCUT2D eigenvalue weighted by molar-refractivity contribution is 7.14. The van der Waals surface area contributed by atoms with E-state index in [1.54, 1.807) is 12.1 Å². The number of likely N-dealkylation sites (N-methyl/N-ethyl adjacent to an activating group) is 1. The molecule has 0 unspecified atom stereocenters. The molecule has 0 radical (unpaired) electrons. The van der Waals surface area contributed by atoms with E-state index in [1.807, 2.05) is 11.4 Å². The minimum absolute atomic E-state index is 0.0392. The van der Waals surface area contributed by atoms with E-state index in [0.29, 0.717) is 21.7 Å². The Morgan fingerprint density at radius 2 is 2.04 bits per heavy atom. The molecule has 128 valence electrons. The Balaban J connectivity index is 1.60. The molecule has 0 spiro atoms. The van der Waals surface area contributed by atoms with Crippen LogP contribution < -0.4 is 5.32 Å². The van der Waals surface area contributed by atoms with Gasteiger partial charge in [0, 0.05) is 42.1 Å². The highest BCUT2D eigenvalue weighted by Crippen LogP contribution is 2.32. The third-order valence-corrected chi connectivity index (χ3v) is 5.23. The SMILES string of the molecule is CN1CCN(CC(=O)Nc2nc(-c3ccc(Cl)cc3Cl)cs2)CC1. The van der Waals surface area contributed by atoms with Gasteiger partial charge in [0.15, 0.2) is 5.13 Å². The number of nitrogens with one attached hydrogen (secondary N) is 1. The predicted molar refractivity (Wildman–Crippen MR) is 100 cm³/mol. The first-order valence-electron chi connectivity index (χ1n) is 7.63. The van der Waals surface area contributed by atoms with E-state index in [2.05, 4.69) is 27.1 Å². The lowest BCUT2D eigenvalue weighted by molar-refractivity contribution is -0.117. The third kappa shape index (κ3) is 4.46. The van der Waals surface area contributed by atoms with Crippen LogP contribution in [0.5, 0.6) is 0 Å². The number of rotatable bonds is 4. The fourth-order valence-corrected chi connectivity index (χ4v) is 3.75. The first-order valence-corrected chi connectivity index (χ1v) is 9.26. The van der Waals surface area contributed by atoms with Crippen molar-refractivity contribution in [2.45, 2.75) is 0 Å². The van der Waals surface area contributed by atoms with E-state index in [0.717, 1.165) is 37.4 Å². The van der Waals surface area contributed by atoms with E-state index in [9.17, 15) is 4.79 Å². The maximum Gasteiger partial charge on any atom is 0.240 e. The lowest BCUT2D eigenvalue weighted by Gasteiger charge is -2.31. The number of hydrogen-bond donors (Lipinski definition) is 1. The molecule has 2 heterocycles. The Kier molecular flexibility index (Phi) is 5.73. The minimum Gasteiger partial charge on any atom is -0.304 e. The van der Waals surface area contributed by atoms with Gasteiger partial charge in [-0.15, -0.1) is 11.3 Å². The molecule has 1 N–H and O–H groups in total. The van der Waals surface area contributed by atoms with Crippen molar-refractivity contribution >= 4 is 45.6 Å². The van der Waals surface area contributed by atoms with Gasteiger partial charge in [-0.05, 0) is 25.2 Å². The Labute approximate surface area is 155 Å². The molecule has 1 fully saturated rings. The summed E-state index contributed by atoms with van der Waals surface area (Å²) in [4.78, 5) is 21.0. The van der Waals surface area contributed by atoms with Crippen molar-refractivity contribution in [1.82, 2.24) is 14.8 Å². The third-order valence-electron chi connectivity index (χ3n) is 3.92. The number of anilines is 1. The van der Waals surface area contributed by atoms with Crippen molar-refractivity contribution < 1.29 is 4.79 Å². The van der Waals surface area contributed by atoms with Gasteiger partial charge < -0.3 is 10.2 Å². The summed E-state index contributed by atoms with van der Waals surface area (Å²) in [5.74, 6) is -0.0392. The van der Waals surface area contributed by atoms with Crippen molar-refractivity contribution in [3.8, 4) is 11.3 Å². The Morgan fingerprint density at radius 3 is 2.75 bits per heavy atom. The molecule has 1 aliphatic rings. The molecule has 8 heteroatoms. The highest BCUT2D eigenvalue weighted by Gasteiger charge is 2.17. The number of benzene rings is 1. The lowest BCUT2D eigenvalue weighted by Crippen LogP contribution is -2.47. The molecule has 1 aromatic heterocycles. The van der Waals surface area contributed by atoms with Gasteiger partial charge in [-0.1, -0.05) is 23.2 Å². The fraction of sp³-hybridized carbons (Fsp3) is 0.375. The lowest BCUT2D eigenvalue weighted by atomic mass is 10.2. The van der Waals surface area contributed by atoms with Crippen molar-refractivity contribution in [2.75, 3.05) is 45.1 Å². The maximum absolute atomic E-state index is 12.2. The van der Waals surface area contributed by atoms with E-state index >= 15 is 0 Å². The number of amides is 1. The number of nitrogens with zero attached hydrogens (tertiary/aromatic N) is 3. The number of piperazine rings is 1. The summed E-state index contributed by atoms with van der Waals surface area (Å²) in [6, 6.07) is 5.28. The largest absolute Gasteiger partial charge is 0.304 e. The quantitative estimate of drug-likeness (QED) is 0.878. The van der Waals surface area contributed by atoms with Crippen LogP contribution in [0, 0.1) is 0 Å². The molecule has 5 nitrogen and oxygen atoms in total. The first kappa shape index (κ1) is 17.6. The molecule has 1 aromatic carbocycles. The monoisotopic (exact) mass is 384 g/mol. The number of carbonyl (C=O) groups excluding carboxylic acids is 1. The summed E-state index contributed by atoms with van der Waals surface area (Å²) in [5, 5.41) is 6.45. The Morgan fingerprint density at radius 1 is 1.29 bits per heavy atom. The van der Waals surface area contributed by atoms with Crippen LogP contribution in [0.4, 0.5) is 5.13 Å². The molecular formula is C16H18Cl2N4OS. The number of aromatic nitrogens is 1. The van der Waals surface area contributed by atoms with Crippen molar-refractivity contribution in [2.24, 2.45) is 0 Å². The van der Waals surface area contributed by atoms with Crippen LogP contribution in [0.3, 0.4) is 0 Å². The zero-order valence-corrected chi connectivity index (χ0v) is 15.6. The molecule has 0 bridgehead atoms.